The van der Waals surface area contributed by atoms with Gasteiger partial charge in [-0.1, -0.05) is 19.9 Å². The number of benzene rings is 1. The van der Waals surface area contributed by atoms with Crippen LogP contribution in [0.15, 0.2) is 18.2 Å². The number of nitrogens with one attached hydrogen (secondary N) is 1. The quantitative estimate of drug-likeness (QED) is 0.670. The number of nitro groups is 1. The topological polar surface area (TPSA) is 64.4 Å². The van der Waals surface area contributed by atoms with Crippen molar-refractivity contribution < 1.29 is 9.66 Å². The van der Waals surface area contributed by atoms with E-state index >= 15 is 0 Å². The zero-order chi connectivity index (χ0) is 14.2. The zero-order valence-corrected chi connectivity index (χ0v) is 11.8. The Morgan fingerprint density at radius 3 is 2.68 bits per heavy atom. The van der Waals surface area contributed by atoms with Crippen LogP contribution in [0.25, 0.3) is 0 Å². The third kappa shape index (κ3) is 2.42. The van der Waals surface area contributed by atoms with Crippen LogP contribution in [0.1, 0.15) is 25.8 Å². The molecule has 0 radical (unpaired) electrons. The van der Waals surface area contributed by atoms with Gasteiger partial charge in [-0.15, -0.1) is 0 Å². The first kappa shape index (κ1) is 13.8. The van der Waals surface area contributed by atoms with Gasteiger partial charge < -0.3 is 10.1 Å². The van der Waals surface area contributed by atoms with Crippen molar-refractivity contribution in [1.82, 2.24) is 0 Å². The lowest BCUT2D eigenvalue weighted by molar-refractivity contribution is -0.384. The Balaban J connectivity index is 2.16. The Bertz CT molecular complexity index is 499. The Morgan fingerprint density at radius 2 is 2.16 bits per heavy atom. The van der Waals surface area contributed by atoms with E-state index in [1.54, 1.807) is 19.2 Å². The molecule has 1 aromatic carbocycles. The molecule has 0 bridgehead atoms. The molecule has 5 nitrogen and oxygen atoms in total. The van der Waals surface area contributed by atoms with E-state index < -0.39 is 0 Å². The minimum atomic E-state index is -0.367. The highest BCUT2D eigenvalue weighted by Crippen LogP contribution is 2.44. The van der Waals surface area contributed by atoms with Crippen LogP contribution in [0, 0.1) is 22.5 Å². The van der Waals surface area contributed by atoms with Gasteiger partial charge in [0.25, 0.3) is 5.69 Å². The van der Waals surface area contributed by atoms with Gasteiger partial charge in [0.05, 0.1) is 11.0 Å². The first-order valence-electron chi connectivity index (χ1n) is 6.40. The Labute approximate surface area is 113 Å². The first-order chi connectivity index (χ1) is 8.86. The Morgan fingerprint density at radius 1 is 1.47 bits per heavy atom. The van der Waals surface area contributed by atoms with E-state index in [2.05, 4.69) is 19.2 Å². The van der Waals surface area contributed by atoms with Crippen molar-refractivity contribution in [2.75, 3.05) is 12.4 Å². The summed E-state index contributed by atoms with van der Waals surface area (Å²) in [5.74, 6) is 0. The van der Waals surface area contributed by atoms with Gasteiger partial charge in [0.2, 0.25) is 0 Å². The summed E-state index contributed by atoms with van der Waals surface area (Å²) in [4.78, 5) is 10.5. The van der Waals surface area contributed by atoms with Gasteiger partial charge in [0.1, 0.15) is 0 Å². The smallest absolute Gasteiger partial charge is 0.271 e. The summed E-state index contributed by atoms with van der Waals surface area (Å²) in [6, 6.07) is 5.19. The van der Waals surface area contributed by atoms with Crippen LogP contribution >= 0.6 is 0 Å². The van der Waals surface area contributed by atoms with Crippen LogP contribution in [-0.2, 0) is 4.74 Å². The number of hydrogen-bond acceptors (Lipinski definition) is 4. The van der Waals surface area contributed by atoms with Crippen LogP contribution in [0.5, 0.6) is 0 Å². The second-order valence-electron chi connectivity index (χ2n) is 5.73. The fourth-order valence-electron chi connectivity index (χ4n) is 2.60. The molecular formula is C14H20N2O3. The largest absolute Gasteiger partial charge is 0.381 e. The number of nitrogens with zero attached hydrogens (tertiary/aromatic N) is 1. The van der Waals surface area contributed by atoms with E-state index in [4.69, 9.17) is 4.74 Å². The van der Waals surface area contributed by atoms with Gasteiger partial charge in [-0.25, -0.2) is 0 Å². The predicted octanol–water partition coefficient (Wildman–Crippen LogP) is 3.13. The molecule has 1 N–H and O–H groups in total. The molecule has 1 saturated carbocycles. The maximum absolute atomic E-state index is 10.8. The van der Waals surface area contributed by atoms with Crippen LogP contribution in [0.2, 0.25) is 0 Å². The maximum Gasteiger partial charge on any atom is 0.271 e. The number of nitro benzene ring substituents is 1. The fourth-order valence-corrected chi connectivity index (χ4v) is 2.60. The minimum absolute atomic E-state index is 0.0335. The van der Waals surface area contributed by atoms with Crippen molar-refractivity contribution in [3.05, 3.63) is 33.9 Å². The molecule has 0 amide bonds. The molecule has 5 heteroatoms. The molecular weight excluding hydrogens is 244 g/mol. The summed E-state index contributed by atoms with van der Waals surface area (Å²) in [6.07, 6.45) is 1.16. The lowest BCUT2D eigenvalue weighted by atomic mass is 9.64. The molecule has 0 aromatic heterocycles. The van der Waals surface area contributed by atoms with Crippen molar-refractivity contribution in [2.45, 2.75) is 39.3 Å². The van der Waals surface area contributed by atoms with E-state index in [1.165, 1.54) is 6.07 Å². The Hall–Kier alpha value is -1.62. The van der Waals surface area contributed by atoms with E-state index in [0.717, 1.165) is 17.7 Å². The molecule has 0 saturated heterocycles. The van der Waals surface area contributed by atoms with Crippen molar-refractivity contribution in [3.63, 3.8) is 0 Å². The molecule has 2 atom stereocenters. The van der Waals surface area contributed by atoms with Crippen LogP contribution in [0.4, 0.5) is 11.4 Å². The molecule has 1 aliphatic carbocycles. The summed E-state index contributed by atoms with van der Waals surface area (Å²) in [5, 5.41) is 14.2. The number of aryl methyl sites for hydroxylation is 1. The maximum atomic E-state index is 10.8. The van der Waals surface area contributed by atoms with Gasteiger partial charge >= 0.3 is 0 Å². The third-order valence-electron chi connectivity index (χ3n) is 4.22. The van der Waals surface area contributed by atoms with Crippen molar-refractivity contribution in [3.8, 4) is 0 Å². The summed E-state index contributed by atoms with van der Waals surface area (Å²) < 4.78 is 5.41. The van der Waals surface area contributed by atoms with Gasteiger partial charge in [-0.2, -0.15) is 0 Å². The van der Waals surface area contributed by atoms with Crippen molar-refractivity contribution in [1.29, 1.82) is 0 Å². The number of non-ortho nitro benzene ring substituents is 1. The van der Waals surface area contributed by atoms with E-state index in [1.807, 2.05) is 6.92 Å². The number of methoxy groups -OCH3 is 1. The van der Waals surface area contributed by atoms with E-state index in [-0.39, 0.29) is 28.2 Å². The highest BCUT2D eigenvalue weighted by atomic mass is 16.6. The molecule has 0 heterocycles. The second-order valence-corrected chi connectivity index (χ2v) is 5.73. The van der Waals surface area contributed by atoms with Crippen LogP contribution < -0.4 is 5.32 Å². The molecule has 104 valence electrons. The molecule has 1 aliphatic rings. The van der Waals surface area contributed by atoms with Gasteiger partial charge in [-0.3, -0.25) is 10.1 Å². The standard InChI is InChI=1S/C14H20N2O3/c1-9-5-6-10(16(17)18)7-11(9)15-12-8-13(19-4)14(12,2)3/h5-7,12-13,15H,8H2,1-4H3. The van der Waals surface area contributed by atoms with Crippen LogP contribution in [0.3, 0.4) is 0 Å². The van der Waals surface area contributed by atoms with E-state index in [0.29, 0.717) is 0 Å². The van der Waals surface area contributed by atoms with E-state index in [9.17, 15) is 10.1 Å². The average Bonchev–Trinajstić information content (AvgIpc) is 2.35. The fraction of sp³-hybridized carbons (Fsp3) is 0.571. The monoisotopic (exact) mass is 264 g/mol. The number of anilines is 1. The molecule has 0 aliphatic heterocycles. The van der Waals surface area contributed by atoms with Crippen molar-refractivity contribution in [2.24, 2.45) is 5.41 Å². The molecule has 19 heavy (non-hydrogen) atoms. The lowest BCUT2D eigenvalue weighted by Crippen LogP contribution is -2.57. The lowest BCUT2D eigenvalue weighted by Gasteiger charge is -2.51. The predicted molar refractivity (Wildman–Crippen MR) is 74.4 cm³/mol. The minimum Gasteiger partial charge on any atom is -0.381 e. The van der Waals surface area contributed by atoms with Gasteiger partial charge in [-0.05, 0) is 18.9 Å². The third-order valence-corrected chi connectivity index (χ3v) is 4.22. The SMILES string of the molecule is COC1CC(Nc2cc([N+](=O)[O-])ccc2C)C1(C)C. The molecule has 2 rings (SSSR count). The van der Waals surface area contributed by atoms with Gasteiger partial charge in [0, 0.05) is 36.4 Å². The highest BCUT2D eigenvalue weighted by Gasteiger charge is 2.48. The van der Waals surface area contributed by atoms with Gasteiger partial charge in [0.15, 0.2) is 0 Å². The van der Waals surface area contributed by atoms with Crippen LogP contribution in [-0.4, -0.2) is 24.2 Å². The Kier molecular flexibility index (Phi) is 3.49. The molecule has 1 fully saturated rings. The molecule has 2 unspecified atom stereocenters. The highest BCUT2D eigenvalue weighted by molar-refractivity contribution is 5.57. The summed E-state index contributed by atoms with van der Waals surface area (Å²) >= 11 is 0. The number of hydrogen-bond donors (Lipinski definition) is 1. The first-order valence-corrected chi connectivity index (χ1v) is 6.40. The molecule has 0 spiro atoms. The van der Waals surface area contributed by atoms with Crippen molar-refractivity contribution >= 4 is 11.4 Å². The average molecular weight is 264 g/mol. The number of rotatable bonds is 4. The summed E-state index contributed by atoms with van der Waals surface area (Å²) in [7, 11) is 1.72. The summed E-state index contributed by atoms with van der Waals surface area (Å²) in [6.45, 7) is 6.25. The molecule has 1 aromatic rings. The zero-order valence-electron chi connectivity index (χ0n) is 11.8. The number of ether oxygens (including phenoxy) is 1. The summed E-state index contributed by atoms with van der Waals surface area (Å²) in [5.41, 5.74) is 2.00. The normalized spacial score (nSPS) is 24.6. The second kappa shape index (κ2) is 4.81.